The Kier molecular flexibility index (Phi) is 4.23. The van der Waals surface area contributed by atoms with E-state index in [-0.39, 0.29) is 6.10 Å². The van der Waals surface area contributed by atoms with E-state index in [1.807, 2.05) is 17.8 Å². The van der Waals surface area contributed by atoms with Crippen LogP contribution < -0.4 is 5.32 Å². The fraction of sp³-hybridized carbons (Fsp3) is 0.400. The third kappa shape index (κ3) is 3.41. The summed E-state index contributed by atoms with van der Waals surface area (Å²) in [4.78, 5) is 5.40. The second-order valence-corrected chi connectivity index (χ2v) is 5.81. The summed E-state index contributed by atoms with van der Waals surface area (Å²) in [5.74, 6) is 0. The minimum atomic E-state index is 0.230. The summed E-state index contributed by atoms with van der Waals surface area (Å²) in [6, 6.07) is 11.0. The normalized spacial score (nSPS) is 23.4. The van der Waals surface area contributed by atoms with Crippen LogP contribution in [0.2, 0.25) is 0 Å². The van der Waals surface area contributed by atoms with Gasteiger partial charge in [0.05, 0.1) is 11.6 Å². The first kappa shape index (κ1) is 12.8. The van der Waals surface area contributed by atoms with Crippen molar-refractivity contribution in [2.24, 2.45) is 0 Å². The average molecular weight is 274 g/mol. The summed E-state index contributed by atoms with van der Waals surface area (Å²) in [5, 5.41) is 3.61. The van der Waals surface area contributed by atoms with Crippen molar-refractivity contribution in [1.82, 2.24) is 10.3 Å². The van der Waals surface area contributed by atoms with Gasteiger partial charge in [0.15, 0.2) is 0 Å². The zero-order valence-electron chi connectivity index (χ0n) is 10.8. The summed E-state index contributed by atoms with van der Waals surface area (Å²) < 4.78 is 5.88. The number of rotatable bonds is 4. The first-order valence-electron chi connectivity index (χ1n) is 6.69. The van der Waals surface area contributed by atoms with E-state index < -0.39 is 0 Å². The highest BCUT2D eigenvalue weighted by Crippen LogP contribution is 2.28. The topological polar surface area (TPSA) is 34.2 Å². The van der Waals surface area contributed by atoms with Crippen molar-refractivity contribution < 1.29 is 4.74 Å². The number of hydrogen-bond acceptors (Lipinski definition) is 4. The number of benzene rings is 1. The molecule has 3 nitrogen and oxygen atoms in total. The van der Waals surface area contributed by atoms with Crippen LogP contribution in [0, 0.1) is 0 Å². The van der Waals surface area contributed by atoms with Gasteiger partial charge in [-0.15, -0.1) is 11.3 Å². The van der Waals surface area contributed by atoms with E-state index in [0.717, 1.165) is 26.0 Å². The van der Waals surface area contributed by atoms with E-state index in [1.54, 1.807) is 11.3 Å². The molecule has 2 heterocycles. The predicted octanol–water partition coefficient (Wildman–Crippen LogP) is 3.15. The monoisotopic (exact) mass is 274 g/mol. The number of nitrogens with one attached hydrogen (secondary N) is 1. The standard InChI is InChI=1S/C15H18N2OS/c1-2-4-12(5-3-1)15-8-13(6-7-18-15)17-10-14-9-16-11-19-14/h1-5,9,11,13,15,17H,6-8,10H2/t13-,15+/m1/s1. The van der Waals surface area contributed by atoms with Gasteiger partial charge in [0, 0.05) is 30.3 Å². The highest BCUT2D eigenvalue weighted by atomic mass is 32.1. The van der Waals surface area contributed by atoms with Crippen molar-refractivity contribution in [1.29, 1.82) is 0 Å². The largest absolute Gasteiger partial charge is 0.373 e. The van der Waals surface area contributed by atoms with Crippen LogP contribution in [-0.2, 0) is 11.3 Å². The average Bonchev–Trinajstić information content (AvgIpc) is 3.00. The molecule has 1 aromatic carbocycles. The lowest BCUT2D eigenvalue weighted by Gasteiger charge is -2.30. The van der Waals surface area contributed by atoms with Gasteiger partial charge in [-0.25, -0.2) is 0 Å². The Hall–Kier alpha value is -1.23. The molecule has 4 heteroatoms. The molecule has 0 spiro atoms. The van der Waals surface area contributed by atoms with E-state index in [9.17, 15) is 0 Å². The van der Waals surface area contributed by atoms with Crippen molar-refractivity contribution in [3.63, 3.8) is 0 Å². The highest BCUT2D eigenvalue weighted by molar-refractivity contribution is 7.09. The van der Waals surface area contributed by atoms with Crippen molar-refractivity contribution in [3.05, 3.63) is 52.5 Å². The van der Waals surface area contributed by atoms with Gasteiger partial charge in [-0.05, 0) is 18.4 Å². The van der Waals surface area contributed by atoms with Crippen LogP contribution in [0.4, 0.5) is 0 Å². The minimum Gasteiger partial charge on any atom is -0.373 e. The first-order chi connectivity index (χ1) is 9.42. The van der Waals surface area contributed by atoms with Gasteiger partial charge in [-0.3, -0.25) is 4.98 Å². The molecule has 1 aliphatic heterocycles. The minimum absolute atomic E-state index is 0.230. The molecule has 0 bridgehead atoms. The quantitative estimate of drug-likeness (QED) is 0.930. The number of aromatic nitrogens is 1. The maximum atomic E-state index is 5.88. The molecule has 19 heavy (non-hydrogen) atoms. The van der Waals surface area contributed by atoms with Gasteiger partial charge in [0.1, 0.15) is 0 Å². The van der Waals surface area contributed by atoms with Crippen molar-refractivity contribution in [2.75, 3.05) is 6.61 Å². The smallest absolute Gasteiger partial charge is 0.0839 e. The van der Waals surface area contributed by atoms with E-state index in [0.29, 0.717) is 6.04 Å². The number of ether oxygens (including phenoxy) is 1. The fourth-order valence-corrected chi connectivity index (χ4v) is 3.00. The van der Waals surface area contributed by atoms with Crippen LogP contribution in [0.25, 0.3) is 0 Å². The van der Waals surface area contributed by atoms with E-state index >= 15 is 0 Å². The maximum Gasteiger partial charge on any atom is 0.0839 e. The molecule has 1 fully saturated rings. The molecule has 0 unspecified atom stereocenters. The van der Waals surface area contributed by atoms with E-state index in [1.165, 1.54) is 10.4 Å². The lowest BCUT2D eigenvalue weighted by molar-refractivity contribution is 0.000000559. The Morgan fingerprint density at radius 1 is 1.32 bits per heavy atom. The van der Waals surface area contributed by atoms with E-state index in [2.05, 4.69) is 34.6 Å². The Labute approximate surface area is 117 Å². The molecule has 0 amide bonds. The number of hydrogen-bond donors (Lipinski definition) is 1. The molecule has 2 aromatic rings. The van der Waals surface area contributed by atoms with Crippen molar-refractivity contribution in [2.45, 2.75) is 31.5 Å². The zero-order valence-corrected chi connectivity index (χ0v) is 11.6. The van der Waals surface area contributed by atoms with E-state index in [4.69, 9.17) is 4.74 Å². The number of thiazole rings is 1. The molecule has 0 radical (unpaired) electrons. The molecule has 1 aliphatic rings. The summed E-state index contributed by atoms with van der Waals surface area (Å²) in [6.45, 7) is 1.75. The van der Waals surface area contributed by atoms with Crippen LogP contribution in [0.1, 0.15) is 29.4 Å². The second kappa shape index (κ2) is 6.28. The van der Waals surface area contributed by atoms with Gasteiger partial charge in [-0.1, -0.05) is 30.3 Å². The SMILES string of the molecule is c1ccc([C@@H]2C[C@H](NCc3cncs3)CCO2)cc1. The molecular formula is C15H18N2OS. The first-order valence-corrected chi connectivity index (χ1v) is 7.57. The molecular weight excluding hydrogens is 256 g/mol. The van der Waals surface area contributed by atoms with Crippen LogP contribution in [0.5, 0.6) is 0 Å². The lowest BCUT2D eigenvalue weighted by atomic mass is 9.97. The molecule has 0 aliphatic carbocycles. The zero-order chi connectivity index (χ0) is 12.9. The lowest BCUT2D eigenvalue weighted by Crippen LogP contribution is -2.35. The van der Waals surface area contributed by atoms with Crippen molar-refractivity contribution >= 4 is 11.3 Å². The van der Waals surface area contributed by atoms with Crippen molar-refractivity contribution in [3.8, 4) is 0 Å². The molecule has 0 saturated carbocycles. The van der Waals surface area contributed by atoms with Crippen LogP contribution in [0.3, 0.4) is 0 Å². The van der Waals surface area contributed by atoms with Gasteiger partial charge in [0.2, 0.25) is 0 Å². The molecule has 3 rings (SSSR count). The summed E-state index contributed by atoms with van der Waals surface area (Å²) in [7, 11) is 0. The highest BCUT2D eigenvalue weighted by Gasteiger charge is 2.23. The molecule has 1 N–H and O–H groups in total. The molecule has 1 aromatic heterocycles. The third-order valence-corrected chi connectivity index (χ3v) is 4.28. The Morgan fingerprint density at radius 2 is 2.21 bits per heavy atom. The molecule has 1 saturated heterocycles. The fourth-order valence-electron chi connectivity index (χ4n) is 2.46. The van der Waals surface area contributed by atoms with Gasteiger partial charge >= 0.3 is 0 Å². The predicted molar refractivity (Wildman–Crippen MR) is 77.1 cm³/mol. The Balaban J connectivity index is 1.56. The third-order valence-electron chi connectivity index (χ3n) is 3.50. The summed E-state index contributed by atoms with van der Waals surface area (Å²) >= 11 is 1.70. The van der Waals surface area contributed by atoms with Gasteiger partial charge in [0.25, 0.3) is 0 Å². The number of nitrogens with zero attached hydrogens (tertiary/aromatic N) is 1. The molecule has 100 valence electrons. The second-order valence-electron chi connectivity index (χ2n) is 4.84. The summed E-state index contributed by atoms with van der Waals surface area (Å²) in [6.07, 6.45) is 4.30. The Bertz CT molecular complexity index is 486. The van der Waals surface area contributed by atoms with Gasteiger partial charge in [-0.2, -0.15) is 0 Å². The van der Waals surface area contributed by atoms with Crippen LogP contribution in [0.15, 0.2) is 42.0 Å². The van der Waals surface area contributed by atoms with Crippen LogP contribution in [-0.4, -0.2) is 17.6 Å². The van der Waals surface area contributed by atoms with Gasteiger partial charge < -0.3 is 10.1 Å². The maximum absolute atomic E-state index is 5.88. The Morgan fingerprint density at radius 3 is 3.00 bits per heavy atom. The van der Waals surface area contributed by atoms with Crippen LogP contribution >= 0.6 is 11.3 Å². The molecule has 2 atom stereocenters. The summed E-state index contributed by atoms with van der Waals surface area (Å²) in [5.41, 5.74) is 3.17.